The van der Waals surface area contributed by atoms with Crippen molar-refractivity contribution in [2.45, 2.75) is 13.5 Å². The molecule has 28 heavy (non-hydrogen) atoms. The first-order valence-electron chi connectivity index (χ1n) is 8.54. The second kappa shape index (κ2) is 8.04. The Bertz CT molecular complexity index is 1110. The highest BCUT2D eigenvalue weighted by Gasteiger charge is 2.18. The van der Waals surface area contributed by atoms with Gasteiger partial charge >= 0.3 is 5.97 Å². The Morgan fingerprint density at radius 2 is 1.89 bits per heavy atom. The van der Waals surface area contributed by atoms with Crippen LogP contribution >= 0.6 is 0 Å². The second-order valence-corrected chi connectivity index (χ2v) is 6.39. The standard InChI is InChI=1S/C21H18FNO5/c1-13-7-8-18-15(9-13)17(24)10-19(28-18)21(26)27-12-20(25)23(2)11-14-5-3-4-6-16(14)22/h3-10H,11-12H2,1-2H3. The zero-order valence-electron chi connectivity index (χ0n) is 15.4. The van der Waals surface area contributed by atoms with Gasteiger partial charge in [0.05, 0.1) is 5.39 Å². The molecule has 7 heteroatoms. The summed E-state index contributed by atoms with van der Waals surface area (Å²) in [6, 6.07) is 12.1. The van der Waals surface area contributed by atoms with Gasteiger partial charge in [-0.05, 0) is 25.1 Å². The molecule has 0 saturated heterocycles. The maximum Gasteiger partial charge on any atom is 0.374 e. The number of benzene rings is 2. The Labute approximate surface area is 160 Å². The number of aryl methyl sites for hydroxylation is 1. The highest BCUT2D eigenvalue weighted by atomic mass is 19.1. The van der Waals surface area contributed by atoms with Crippen molar-refractivity contribution >= 4 is 22.8 Å². The van der Waals surface area contributed by atoms with E-state index in [4.69, 9.17) is 9.15 Å². The molecule has 1 aromatic heterocycles. The first-order chi connectivity index (χ1) is 13.3. The third-order valence-electron chi connectivity index (χ3n) is 4.20. The third kappa shape index (κ3) is 4.25. The maximum absolute atomic E-state index is 13.7. The van der Waals surface area contributed by atoms with Crippen LogP contribution in [0.25, 0.3) is 11.0 Å². The molecular formula is C21H18FNO5. The van der Waals surface area contributed by atoms with E-state index in [-0.39, 0.29) is 23.3 Å². The predicted molar refractivity (Wildman–Crippen MR) is 100 cm³/mol. The van der Waals surface area contributed by atoms with Crippen LogP contribution in [0, 0.1) is 12.7 Å². The minimum atomic E-state index is -0.924. The zero-order valence-corrected chi connectivity index (χ0v) is 15.4. The minimum Gasteiger partial charge on any atom is -0.450 e. The lowest BCUT2D eigenvalue weighted by molar-refractivity contribution is -0.133. The molecule has 0 atom stereocenters. The molecule has 0 saturated carbocycles. The van der Waals surface area contributed by atoms with Crippen LogP contribution < -0.4 is 5.43 Å². The van der Waals surface area contributed by atoms with Crippen molar-refractivity contribution in [1.29, 1.82) is 0 Å². The molecule has 3 rings (SSSR count). The number of likely N-dealkylation sites (N-methyl/N-ethyl adjacent to an activating group) is 1. The monoisotopic (exact) mass is 383 g/mol. The van der Waals surface area contributed by atoms with Crippen molar-refractivity contribution in [1.82, 2.24) is 4.90 Å². The molecule has 0 radical (unpaired) electrons. The van der Waals surface area contributed by atoms with Crippen molar-refractivity contribution in [2.24, 2.45) is 0 Å². The number of fused-ring (bicyclic) bond motifs is 1. The number of carbonyl (C=O) groups is 2. The lowest BCUT2D eigenvalue weighted by Gasteiger charge is -2.17. The van der Waals surface area contributed by atoms with E-state index in [9.17, 15) is 18.8 Å². The summed E-state index contributed by atoms with van der Waals surface area (Å²) in [6.45, 7) is 1.32. The SMILES string of the molecule is Cc1ccc2oc(C(=O)OCC(=O)N(C)Cc3ccccc3F)cc(=O)c2c1. The lowest BCUT2D eigenvalue weighted by Crippen LogP contribution is -2.31. The van der Waals surface area contributed by atoms with E-state index in [1.54, 1.807) is 36.4 Å². The lowest BCUT2D eigenvalue weighted by atomic mass is 10.1. The van der Waals surface area contributed by atoms with E-state index >= 15 is 0 Å². The number of hydrogen-bond donors (Lipinski definition) is 0. The summed E-state index contributed by atoms with van der Waals surface area (Å²) >= 11 is 0. The van der Waals surface area contributed by atoms with E-state index in [0.29, 0.717) is 10.9 Å². The van der Waals surface area contributed by atoms with Crippen LogP contribution in [0.4, 0.5) is 4.39 Å². The van der Waals surface area contributed by atoms with Crippen LogP contribution in [0.5, 0.6) is 0 Å². The van der Waals surface area contributed by atoms with Crippen LogP contribution in [-0.2, 0) is 16.1 Å². The van der Waals surface area contributed by atoms with Gasteiger partial charge in [-0.2, -0.15) is 0 Å². The van der Waals surface area contributed by atoms with Crippen LogP contribution in [-0.4, -0.2) is 30.4 Å². The summed E-state index contributed by atoms with van der Waals surface area (Å²) in [6.07, 6.45) is 0. The number of ether oxygens (including phenoxy) is 1. The summed E-state index contributed by atoms with van der Waals surface area (Å²) in [5.41, 5.74) is 1.12. The summed E-state index contributed by atoms with van der Waals surface area (Å²) < 4.78 is 24.0. The van der Waals surface area contributed by atoms with Crippen molar-refractivity contribution in [2.75, 3.05) is 13.7 Å². The second-order valence-electron chi connectivity index (χ2n) is 6.39. The first-order valence-corrected chi connectivity index (χ1v) is 8.54. The van der Waals surface area contributed by atoms with Crippen molar-refractivity contribution < 1.29 is 23.1 Å². The quantitative estimate of drug-likeness (QED) is 0.633. The minimum absolute atomic E-state index is 0.0352. The average Bonchev–Trinajstić information content (AvgIpc) is 2.67. The molecule has 6 nitrogen and oxygen atoms in total. The number of nitrogens with zero attached hydrogens (tertiary/aromatic N) is 1. The van der Waals surface area contributed by atoms with Crippen LogP contribution in [0.1, 0.15) is 21.7 Å². The third-order valence-corrected chi connectivity index (χ3v) is 4.20. The zero-order chi connectivity index (χ0) is 20.3. The Balaban J connectivity index is 1.66. The molecule has 1 amide bonds. The van der Waals surface area contributed by atoms with E-state index in [2.05, 4.69) is 0 Å². The highest BCUT2D eigenvalue weighted by Crippen LogP contribution is 2.15. The molecule has 0 aliphatic heterocycles. The van der Waals surface area contributed by atoms with Crippen LogP contribution in [0.2, 0.25) is 0 Å². The summed E-state index contributed by atoms with van der Waals surface area (Å²) in [4.78, 5) is 37.7. The van der Waals surface area contributed by atoms with Crippen molar-refractivity contribution in [3.63, 3.8) is 0 Å². The molecule has 1 heterocycles. The molecule has 2 aromatic carbocycles. The van der Waals surface area contributed by atoms with Gasteiger partial charge in [-0.25, -0.2) is 9.18 Å². The normalized spacial score (nSPS) is 10.7. The molecule has 0 bridgehead atoms. The van der Waals surface area contributed by atoms with Gasteiger partial charge in [0.2, 0.25) is 5.76 Å². The number of carbonyl (C=O) groups excluding carboxylic acids is 2. The fourth-order valence-corrected chi connectivity index (χ4v) is 2.65. The number of amides is 1. The molecule has 0 aliphatic carbocycles. The molecule has 0 aliphatic rings. The van der Waals surface area contributed by atoms with Gasteiger partial charge in [-0.3, -0.25) is 9.59 Å². The number of hydrogen-bond acceptors (Lipinski definition) is 5. The fraction of sp³-hybridized carbons (Fsp3) is 0.190. The summed E-state index contributed by atoms with van der Waals surface area (Å²) in [5, 5.41) is 0.359. The molecule has 0 fully saturated rings. The van der Waals surface area contributed by atoms with Gasteiger partial charge in [0.15, 0.2) is 12.0 Å². The smallest absolute Gasteiger partial charge is 0.374 e. The van der Waals surface area contributed by atoms with Gasteiger partial charge in [-0.1, -0.05) is 29.8 Å². The van der Waals surface area contributed by atoms with E-state index in [1.165, 1.54) is 18.0 Å². The number of halogens is 1. The van der Waals surface area contributed by atoms with Crippen molar-refractivity contribution in [3.05, 3.63) is 81.5 Å². The molecule has 0 spiro atoms. The largest absolute Gasteiger partial charge is 0.450 e. The Morgan fingerprint density at radius 1 is 1.14 bits per heavy atom. The molecule has 0 unspecified atom stereocenters. The van der Waals surface area contributed by atoms with E-state index in [1.807, 2.05) is 6.92 Å². The Hall–Kier alpha value is -3.48. The van der Waals surface area contributed by atoms with E-state index in [0.717, 1.165) is 11.6 Å². The maximum atomic E-state index is 13.7. The summed E-state index contributed by atoms with van der Waals surface area (Å²) in [5.74, 6) is -2.15. The topological polar surface area (TPSA) is 76.8 Å². The molecule has 3 aromatic rings. The molecule has 0 N–H and O–H groups in total. The number of rotatable bonds is 5. The van der Waals surface area contributed by atoms with Crippen LogP contribution in [0.15, 0.2) is 57.7 Å². The van der Waals surface area contributed by atoms with Gasteiger partial charge in [-0.15, -0.1) is 0 Å². The average molecular weight is 383 g/mol. The predicted octanol–water partition coefficient (Wildman–Crippen LogP) is 3.06. The van der Waals surface area contributed by atoms with E-state index < -0.39 is 24.3 Å². The summed E-state index contributed by atoms with van der Waals surface area (Å²) in [7, 11) is 1.47. The van der Waals surface area contributed by atoms with Crippen molar-refractivity contribution in [3.8, 4) is 0 Å². The van der Waals surface area contributed by atoms with Gasteiger partial charge < -0.3 is 14.1 Å². The first kappa shape index (κ1) is 19.3. The number of esters is 1. The molecule has 144 valence electrons. The molecular weight excluding hydrogens is 365 g/mol. The van der Waals surface area contributed by atoms with Gasteiger partial charge in [0, 0.05) is 25.2 Å². The van der Waals surface area contributed by atoms with Gasteiger partial charge in [0.1, 0.15) is 11.4 Å². The Morgan fingerprint density at radius 3 is 2.64 bits per heavy atom. The highest BCUT2D eigenvalue weighted by molar-refractivity contribution is 5.90. The van der Waals surface area contributed by atoms with Crippen LogP contribution in [0.3, 0.4) is 0 Å². The Kier molecular flexibility index (Phi) is 5.54. The fourth-order valence-electron chi connectivity index (χ4n) is 2.65. The van der Waals surface area contributed by atoms with Gasteiger partial charge in [0.25, 0.3) is 5.91 Å².